The predicted octanol–water partition coefficient (Wildman–Crippen LogP) is 2.26. The summed E-state index contributed by atoms with van der Waals surface area (Å²) in [6.45, 7) is 5.44. The molecule has 0 spiro atoms. The molecule has 0 aliphatic heterocycles. The zero-order valence-corrected chi connectivity index (χ0v) is 11.3. The molecule has 1 aromatic rings. The van der Waals surface area contributed by atoms with Crippen LogP contribution in [0.4, 0.5) is 0 Å². The van der Waals surface area contributed by atoms with Gasteiger partial charge in [-0.25, -0.2) is 8.42 Å². The van der Waals surface area contributed by atoms with Gasteiger partial charge in [0.25, 0.3) is 0 Å². The van der Waals surface area contributed by atoms with Crippen LogP contribution in [0.15, 0.2) is 35.2 Å². The van der Waals surface area contributed by atoms with Crippen LogP contribution >= 0.6 is 0 Å². The van der Waals surface area contributed by atoms with Crippen LogP contribution in [0.5, 0.6) is 0 Å². The Morgan fingerprint density at radius 3 is 2.06 bits per heavy atom. The normalized spacial score (nSPS) is 15.8. The minimum Gasteiger partial charge on any atom is -0.392 e. The van der Waals surface area contributed by atoms with Crippen molar-refractivity contribution in [2.24, 2.45) is 5.92 Å². The lowest BCUT2D eigenvalue weighted by atomic mass is 10.1. The molecular weight excluding hydrogens is 236 g/mol. The van der Waals surface area contributed by atoms with Crippen LogP contribution in [-0.2, 0) is 9.84 Å². The first kappa shape index (κ1) is 14.2. The molecule has 1 N–H and O–H groups in total. The molecule has 1 aromatic carbocycles. The highest BCUT2D eigenvalue weighted by molar-refractivity contribution is 7.92. The van der Waals surface area contributed by atoms with E-state index in [2.05, 4.69) is 0 Å². The maximum absolute atomic E-state index is 12.3. The van der Waals surface area contributed by atoms with Crippen molar-refractivity contribution in [3.05, 3.63) is 30.3 Å². The lowest BCUT2D eigenvalue weighted by molar-refractivity contribution is 0.178. The Morgan fingerprint density at radius 2 is 1.65 bits per heavy atom. The van der Waals surface area contributed by atoms with Crippen molar-refractivity contribution < 1.29 is 13.5 Å². The van der Waals surface area contributed by atoms with Crippen LogP contribution in [0.3, 0.4) is 0 Å². The van der Waals surface area contributed by atoms with Crippen molar-refractivity contribution in [1.82, 2.24) is 0 Å². The third-order valence-corrected chi connectivity index (χ3v) is 5.02. The van der Waals surface area contributed by atoms with Gasteiger partial charge in [0, 0.05) is 0 Å². The van der Waals surface area contributed by atoms with Crippen LogP contribution in [0.1, 0.15) is 27.2 Å². The fourth-order valence-electron chi connectivity index (χ4n) is 1.83. The molecule has 0 saturated carbocycles. The Morgan fingerprint density at radius 1 is 1.12 bits per heavy atom. The fraction of sp³-hybridized carbons (Fsp3) is 0.538. The Bertz CT molecular complexity index is 435. The number of benzene rings is 1. The van der Waals surface area contributed by atoms with Gasteiger partial charge in [0.15, 0.2) is 9.84 Å². The Balaban J connectivity index is 3.10. The van der Waals surface area contributed by atoms with Crippen LogP contribution in [0.2, 0.25) is 0 Å². The second-order valence-electron chi connectivity index (χ2n) is 4.77. The van der Waals surface area contributed by atoms with Crippen molar-refractivity contribution in [1.29, 1.82) is 0 Å². The third kappa shape index (κ3) is 3.54. The monoisotopic (exact) mass is 256 g/mol. The van der Waals surface area contributed by atoms with E-state index in [0.717, 1.165) is 0 Å². The number of aliphatic hydroxyl groups excluding tert-OH is 1. The summed E-state index contributed by atoms with van der Waals surface area (Å²) in [6, 6.07) is 8.32. The molecule has 0 saturated heterocycles. The average Bonchev–Trinajstić information content (AvgIpc) is 2.26. The molecule has 96 valence electrons. The first-order valence-corrected chi connectivity index (χ1v) is 7.37. The molecule has 3 nitrogen and oxygen atoms in total. The van der Waals surface area contributed by atoms with E-state index in [-0.39, 0.29) is 10.8 Å². The molecular formula is C13H20O3S. The minimum atomic E-state index is -3.45. The first-order valence-electron chi connectivity index (χ1n) is 5.82. The van der Waals surface area contributed by atoms with Gasteiger partial charge >= 0.3 is 0 Å². The van der Waals surface area contributed by atoms with Crippen molar-refractivity contribution in [3.8, 4) is 0 Å². The molecule has 0 aliphatic carbocycles. The Kier molecular flexibility index (Phi) is 4.71. The van der Waals surface area contributed by atoms with Crippen LogP contribution < -0.4 is 0 Å². The molecule has 0 bridgehead atoms. The zero-order chi connectivity index (χ0) is 13.1. The van der Waals surface area contributed by atoms with E-state index in [9.17, 15) is 13.5 Å². The van der Waals surface area contributed by atoms with Crippen LogP contribution in [0, 0.1) is 5.92 Å². The summed E-state index contributed by atoms with van der Waals surface area (Å²) in [6.07, 6.45) is -0.392. The summed E-state index contributed by atoms with van der Waals surface area (Å²) < 4.78 is 24.7. The molecule has 4 heteroatoms. The second-order valence-corrected chi connectivity index (χ2v) is 6.93. The predicted molar refractivity (Wildman–Crippen MR) is 68.6 cm³/mol. The first-order chi connectivity index (χ1) is 7.85. The van der Waals surface area contributed by atoms with Crippen molar-refractivity contribution in [2.75, 3.05) is 0 Å². The van der Waals surface area contributed by atoms with Gasteiger partial charge in [0.05, 0.1) is 16.2 Å². The van der Waals surface area contributed by atoms with E-state index in [1.165, 1.54) is 6.92 Å². The second kappa shape index (κ2) is 5.65. The average molecular weight is 256 g/mol. The lowest BCUT2D eigenvalue weighted by Gasteiger charge is -2.22. The van der Waals surface area contributed by atoms with Crippen molar-refractivity contribution >= 4 is 9.84 Å². The van der Waals surface area contributed by atoms with E-state index in [1.807, 2.05) is 13.8 Å². The molecule has 0 fully saturated rings. The van der Waals surface area contributed by atoms with Gasteiger partial charge < -0.3 is 5.11 Å². The molecule has 0 amide bonds. The largest absolute Gasteiger partial charge is 0.392 e. The number of aliphatic hydroxyl groups is 1. The summed E-state index contributed by atoms with van der Waals surface area (Å²) in [5.74, 6) is 0.230. The van der Waals surface area contributed by atoms with Gasteiger partial charge in [-0.15, -0.1) is 0 Å². The van der Waals surface area contributed by atoms with E-state index in [1.54, 1.807) is 30.3 Å². The van der Waals surface area contributed by atoms with E-state index >= 15 is 0 Å². The summed E-state index contributed by atoms with van der Waals surface area (Å²) in [5.41, 5.74) is 0. The standard InChI is InChI=1S/C13H20O3S/c1-10(2)9-13(11(3)14)17(15,16)12-7-5-4-6-8-12/h4-8,10-11,13-14H,9H2,1-3H3/t11-,13+/m1/s1. The topological polar surface area (TPSA) is 54.4 Å². The molecule has 17 heavy (non-hydrogen) atoms. The van der Waals surface area contributed by atoms with Crippen LogP contribution in [0.25, 0.3) is 0 Å². The van der Waals surface area contributed by atoms with Gasteiger partial charge in [-0.2, -0.15) is 0 Å². The smallest absolute Gasteiger partial charge is 0.183 e. The minimum absolute atomic E-state index is 0.230. The van der Waals surface area contributed by atoms with Crippen molar-refractivity contribution in [2.45, 2.75) is 43.4 Å². The van der Waals surface area contributed by atoms with Gasteiger partial charge in [-0.1, -0.05) is 32.0 Å². The molecule has 0 unspecified atom stereocenters. The molecule has 0 radical (unpaired) electrons. The Labute approximate surface area is 103 Å². The number of hydrogen-bond donors (Lipinski definition) is 1. The Hall–Kier alpha value is -0.870. The summed E-state index contributed by atoms with van der Waals surface area (Å²) in [5, 5.41) is 8.95. The lowest BCUT2D eigenvalue weighted by Crippen LogP contribution is -2.33. The van der Waals surface area contributed by atoms with E-state index in [0.29, 0.717) is 6.42 Å². The summed E-state index contributed by atoms with van der Waals surface area (Å²) in [7, 11) is -3.45. The summed E-state index contributed by atoms with van der Waals surface area (Å²) >= 11 is 0. The van der Waals surface area contributed by atoms with Crippen LogP contribution in [-0.4, -0.2) is 24.9 Å². The fourth-order valence-corrected chi connectivity index (χ4v) is 3.88. The molecule has 0 heterocycles. The maximum Gasteiger partial charge on any atom is 0.183 e. The summed E-state index contributed by atoms with van der Waals surface area (Å²) in [4.78, 5) is 0.284. The molecule has 2 atom stereocenters. The van der Waals surface area contributed by atoms with Gasteiger partial charge in [0.1, 0.15) is 0 Å². The highest BCUT2D eigenvalue weighted by atomic mass is 32.2. The van der Waals surface area contributed by atoms with Crippen molar-refractivity contribution in [3.63, 3.8) is 0 Å². The molecule has 0 aromatic heterocycles. The number of sulfone groups is 1. The number of rotatable bonds is 5. The zero-order valence-electron chi connectivity index (χ0n) is 10.5. The highest BCUT2D eigenvalue weighted by Gasteiger charge is 2.31. The molecule has 1 rings (SSSR count). The maximum atomic E-state index is 12.3. The van der Waals surface area contributed by atoms with Gasteiger partial charge in [-0.05, 0) is 31.4 Å². The number of hydrogen-bond acceptors (Lipinski definition) is 3. The quantitative estimate of drug-likeness (QED) is 0.879. The van der Waals surface area contributed by atoms with Gasteiger partial charge in [0.2, 0.25) is 0 Å². The van der Waals surface area contributed by atoms with E-state index < -0.39 is 21.2 Å². The van der Waals surface area contributed by atoms with E-state index in [4.69, 9.17) is 0 Å². The molecule has 0 aliphatic rings. The third-order valence-electron chi connectivity index (χ3n) is 2.71. The SMILES string of the molecule is CC(C)C[C@@H]([C@@H](C)O)S(=O)(=O)c1ccccc1. The highest BCUT2D eigenvalue weighted by Crippen LogP contribution is 2.23. The van der Waals surface area contributed by atoms with Gasteiger partial charge in [-0.3, -0.25) is 0 Å².